The molecule has 0 atom stereocenters. The lowest BCUT2D eigenvalue weighted by atomic mass is 10.0. The van der Waals surface area contributed by atoms with Crippen LogP contribution in [0, 0.1) is 12.7 Å². The third-order valence-electron chi connectivity index (χ3n) is 5.91. The SMILES string of the molecule is Cc1cc(F)ccc1N1CCC(NCc2ccc(N3CCCC3=O)cc2)CC1. The Balaban J connectivity index is 1.27. The van der Waals surface area contributed by atoms with Gasteiger partial charge in [-0.1, -0.05) is 12.1 Å². The molecule has 0 unspecified atom stereocenters. The minimum atomic E-state index is -0.169. The zero-order valence-corrected chi connectivity index (χ0v) is 16.5. The molecule has 2 aromatic rings. The summed E-state index contributed by atoms with van der Waals surface area (Å²) < 4.78 is 13.3. The summed E-state index contributed by atoms with van der Waals surface area (Å²) in [5.74, 6) is 0.0620. The summed E-state index contributed by atoms with van der Waals surface area (Å²) in [5, 5.41) is 3.66. The monoisotopic (exact) mass is 381 g/mol. The standard InChI is InChI=1S/C23H28FN3O/c1-17-15-19(24)6-9-22(17)26-13-10-20(11-14-26)25-16-18-4-7-21(8-5-18)27-12-2-3-23(27)28/h4-9,15,20,25H,2-3,10-14,16H2,1H3. The Labute approximate surface area is 166 Å². The number of nitrogens with one attached hydrogen (secondary N) is 1. The molecule has 0 aliphatic carbocycles. The summed E-state index contributed by atoms with van der Waals surface area (Å²) in [5.41, 5.74) is 4.40. The maximum absolute atomic E-state index is 13.3. The Morgan fingerprint density at radius 2 is 1.82 bits per heavy atom. The van der Waals surface area contributed by atoms with Crippen LogP contribution in [0.3, 0.4) is 0 Å². The molecule has 0 saturated carbocycles. The van der Waals surface area contributed by atoms with Gasteiger partial charge in [0.15, 0.2) is 0 Å². The van der Waals surface area contributed by atoms with Crippen LogP contribution in [0.1, 0.15) is 36.8 Å². The second-order valence-electron chi connectivity index (χ2n) is 7.89. The zero-order valence-electron chi connectivity index (χ0n) is 16.5. The Morgan fingerprint density at radius 1 is 1.07 bits per heavy atom. The topological polar surface area (TPSA) is 35.6 Å². The quantitative estimate of drug-likeness (QED) is 0.850. The molecular formula is C23H28FN3O. The molecule has 2 saturated heterocycles. The molecule has 1 amide bonds. The number of nitrogens with zero attached hydrogens (tertiary/aromatic N) is 2. The molecule has 2 fully saturated rings. The lowest BCUT2D eigenvalue weighted by molar-refractivity contribution is -0.117. The van der Waals surface area contributed by atoms with Gasteiger partial charge >= 0.3 is 0 Å². The summed E-state index contributed by atoms with van der Waals surface area (Å²) in [4.78, 5) is 16.1. The number of piperidine rings is 1. The van der Waals surface area contributed by atoms with Crippen LogP contribution in [-0.4, -0.2) is 31.6 Å². The van der Waals surface area contributed by atoms with Gasteiger partial charge in [0.25, 0.3) is 0 Å². The first-order chi connectivity index (χ1) is 13.6. The maximum Gasteiger partial charge on any atom is 0.227 e. The molecule has 0 bridgehead atoms. The fourth-order valence-electron chi connectivity index (χ4n) is 4.28. The molecule has 0 radical (unpaired) electrons. The van der Waals surface area contributed by atoms with E-state index in [2.05, 4.69) is 34.5 Å². The molecule has 148 valence electrons. The molecule has 0 spiro atoms. The molecule has 5 heteroatoms. The highest BCUT2D eigenvalue weighted by atomic mass is 19.1. The lowest BCUT2D eigenvalue weighted by Crippen LogP contribution is -2.42. The highest BCUT2D eigenvalue weighted by Gasteiger charge is 2.22. The summed E-state index contributed by atoms with van der Waals surface area (Å²) in [7, 11) is 0. The normalized spacial score (nSPS) is 18.1. The Bertz CT molecular complexity index is 828. The van der Waals surface area contributed by atoms with E-state index in [-0.39, 0.29) is 11.7 Å². The number of hydrogen-bond acceptors (Lipinski definition) is 3. The van der Waals surface area contributed by atoms with Crippen molar-refractivity contribution in [3.8, 4) is 0 Å². The summed E-state index contributed by atoms with van der Waals surface area (Å²) >= 11 is 0. The first-order valence-corrected chi connectivity index (χ1v) is 10.2. The number of benzene rings is 2. The van der Waals surface area contributed by atoms with E-state index < -0.39 is 0 Å². The molecule has 4 rings (SSSR count). The average Bonchev–Trinajstić information content (AvgIpc) is 3.13. The van der Waals surface area contributed by atoms with Crippen LogP contribution in [0.15, 0.2) is 42.5 Å². The van der Waals surface area contributed by atoms with Gasteiger partial charge in [-0.05, 0) is 67.6 Å². The van der Waals surface area contributed by atoms with Crippen molar-refractivity contribution in [2.45, 2.75) is 45.2 Å². The van der Waals surface area contributed by atoms with E-state index in [4.69, 9.17) is 0 Å². The molecular weight excluding hydrogens is 353 g/mol. The van der Waals surface area contributed by atoms with Gasteiger partial charge in [0.1, 0.15) is 5.82 Å². The fourth-order valence-corrected chi connectivity index (χ4v) is 4.28. The van der Waals surface area contributed by atoms with Crippen LogP contribution in [0.2, 0.25) is 0 Å². The van der Waals surface area contributed by atoms with Crippen molar-refractivity contribution in [3.05, 3.63) is 59.4 Å². The smallest absolute Gasteiger partial charge is 0.227 e. The predicted molar refractivity (Wildman–Crippen MR) is 111 cm³/mol. The Kier molecular flexibility index (Phi) is 5.62. The number of hydrogen-bond donors (Lipinski definition) is 1. The van der Waals surface area contributed by atoms with E-state index in [0.29, 0.717) is 12.5 Å². The zero-order chi connectivity index (χ0) is 19.5. The van der Waals surface area contributed by atoms with Gasteiger partial charge in [0.2, 0.25) is 5.91 Å². The van der Waals surface area contributed by atoms with Gasteiger partial charge in [-0.25, -0.2) is 4.39 Å². The molecule has 28 heavy (non-hydrogen) atoms. The van der Waals surface area contributed by atoms with Crippen LogP contribution in [0.4, 0.5) is 15.8 Å². The highest BCUT2D eigenvalue weighted by Crippen LogP contribution is 2.25. The summed E-state index contributed by atoms with van der Waals surface area (Å²) in [6.45, 7) is 5.62. The van der Waals surface area contributed by atoms with Crippen molar-refractivity contribution in [1.82, 2.24) is 5.32 Å². The Hall–Kier alpha value is -2.40. The van der Waals surface area contributed by atoms with Gasteiger partial charge in [-0.3, -0.25) is 4.79 Å². The largest absolute Gasteiger partial charge is 0.371 e. The van der Waals surface area contributed by atoms with E-state index in [0.717, 1.165) is 62.4 Å². The van der Waals surface area contributed by atoms with E-state index in [1.54, 1.807) is 12.1 Å². The van der Waals surface area contributed by atoms with Crippen molar-refractivity contribution in [1.29, 1.82) is 0 Å². The van der Waals surface area contributed by atoms with Crippen LogP contribution >= 0.6 is 0 Å². The minimum Gasteiger partial charge on any atom is -0.371 e. The number of rotatable bonds is 5. The fraction of sp³-hybridized carbons (Fsp3) is 0.435. The van der Waals surface area contributed by atoms with E-state index >= 15 is 0 Å². The number of anilines is 2. The van der Waals surface area contributed by atoms with Gasteiger partial charge < -0.3 is 15.1 Å². The maximum atomic E-state index is 13.3. The molecule has 1 N–H and O–H groups in total. The number of carbonyl (C=O) groups is 1. The van der Waals surface area contributed by atoms with Crippen LogP contribution in [-0.2, 0) is 11.3 Å². The number of carbonyl (C=O) groups excluding carboxylic acids is 1. The van der Waals surface area contributed by atoms with Crippen LogP contribution in [0.5, 0.6) is 0 Å². The van der Waals surface area contributed by atoms with Crippen molar-refractivity contribution in [2.24, 2.45) is 0 Å². The highest BCUT2D eigenvalue weighted by molar-refractivity contribution is 5.95. The average molecular weight is 381 g/mol. The molecule has 2 heterocycles. The molecule has 4 nitrogen and oxygen atoms in total. The van der Waals surface area contributed by atoms with E-state index in [1.807, 2.05) is 17.9 Å². The van der Waals surface area contributed by atoms with Crippen LogP contribution < -0.4 is 15.1 Å². The molecule has 0 aromatic heterocycles. The van der Waals surface area contributed by atoms with Gasteiger partial charge in [-0.15, -0.1) is 0 Å². The van der Waals surface area contributed by atoms with Gasteiger partial charge in [0.05, 0.1) is 0 Å². The number of halogens is 1. The molecule has 2 aromatic carbocycles. The van der Waals surface area contributed by atoms with E-state index in [1.165, 1.54) is 5.56 Å². The lowest BCUT2D eigenvalue weighted by Gasteiger charge is -2.35. The first-order valence-electron chi connectivity index (χ1n) is 10.2. The third kappa shape index (κ3) is 4.20. The van der Waals surface area contributed by atoms with Gasteiger partial charge in [-0.2, -0.15) is 0 Å². The molecule has 2 aliphatic heterocycles. The van der Waals surface area contributed by atoms with E-state index in [9.17, 15) is 9.18 Å². The van der Waals surface area contributed by atoms with Crippen molar-refractivity contribution in [2.75, 3.05) is 29.4 Å². The summed E-state index contributed by atoms with van der Waals surface area (Å²) in [6, 6.07) is 13.9. The number of aryl methyl sites for hydroxylation is 1. The van der Waals surface area contributed by atoms with Crippen molar-refractivity contribution < 1.29 is 9.18 Å². The van der Waals surface area contributed by atoms with Crippen molar-refractivity contribution in [3.63, 3.8) is 0 Å². The third-order valence-corrected chi connectivity index (χ3v) is 5.91. The Morgan fingerprint density at radius 3 is 2.46 bits per heavy atom. The predicted octanol–water partition coefficient (Wildman–Crippen LogP) is 4.02. The molecule has 2 aliphatic rings. The van der Waals surface area contributed by atoms with Crippen molar-refractivity contribution >= 4 is 17.3 Å². The van der Waals surface area contributed by atoms with Gasteiger partial charge in [0, 0.05) is 50.0 Å². The second-order valence-corrected chi connectivity index (χ2v) is 7.89. The first kappa shape index (κ1) is 18.9. The minimum absolute atomic E-state index is 0.169. The summed E-state index contributed by atoms with van der Waals surface area (Å²) in [6.07, 6.45) is 3.78. The number of amides is 1. The van der Waals surface area contributed by atoms with Crippen LogP contribution in [0.25, 0.3) is 0 Å². The second kappa shape index (κ2) is 8.31.